The zero-order valence-electron chi connectivity index (χ0n) is 9.05. The molecule has 0 amide bonds. The SMILES string of the molecule is CS(=O)(=O)c1ccc(-c2ocnc2CBr)cc1. The van der Waals surface area contributed by atoms with E-state index in [0.717, 1.165) is 11.3 Å². The molecule has 0 aliphatic rings. The van der Waals surface area contributed by atoms with Crippen LogP contribution in [0.25, 0.3) is 11.3 Å². The summed E-state index contributed by atoms with van der Waals surface area (Å²) in [4.78, 5) is 4.34. The maximum absolute atomic E-state index is 11.3. The molecule has 0 N–H and O–H groups in total. The molecule has 1 aromatic heterocycles. The average molecular weight is 316 g/mol. The van der Waals surface area contributed by atoms with Gasteiger partial charge in [-0.05, 0) is 24.3 Å². The van der Waals surface area contributed by atoms with Gasteiger partial charge in [-0.1, -0.05) is 15.9 Å². The maximum atomic E-state index is 11.3. The zero-order valence-corrected chi connectivity index (χ0v) is 11.5. The van der Waals surface area contributed by atoms with Gasteiger partial charge < -0.3 is 4.42 Å². The molecule has 0 saturated heterocycles. The Hall–Kier alpha value is -1.14. The minimum absolute atomic E-state index is 0.293. The van der Waals surface area contributed by atoms with Crippen LogP contribution >= 0.6 is 15.9 Å². The highest BCUT2D eigenvalue weighted by atomic mass is 79.9. The van der Waals surface area contributed by atoms with E-state index < -0.39 is 9.84 Å². The first-order valence-electron chi connectivity index (χ1n) is 4.81. The molecule has 0 unspecified atom stereocenters. The van der Waals surface area contributed by atoms with Crippen LogP contribution in [0.2, 0.25) is 0 Å². The zero-order chi connectivity index (χ0) is 12.5. The lowest BCUT2D eigenvalue weighted by atomic mass is 10.1. The molecule has 1 heterocycles. The van der Waals surface area contributed by atoms with Gasteiger partial charge in [0, 0.05) is 17.1 Å². The third-order valence-corrected chi connectivity index (χ3v) is 3.97. The Morgan fingerprint density at radius 3 is 2.47 bits per heavy atom. The Bertz CT molecular complexity index is 616. The van der Waals surface area contributed by atoms with Crippen molar-refractivity contribution in [3.05, 3.63) is 36.4 Å². The van der Waals surface area contributed by atoms with Gasteiger partial charge in [0.2, 0.25) is 0 Å². The Kier molecular flexibility index (Phi) is 3.35. The third-order valence-electron chi connectivity index (χ3n) is 2.31. The fraction of sp³-hybridized carbons (Fsp3) is 0.182. The van der Waals surface area contributed by atoms with Gasteiger partial charge in [0.1, 0.15) is 0 Å². The number of nitrogens with zero attached hydrogens (tertiary/aromatic N) is 1. The van der Waals surface area contributed by atoms with Gasteiger partial charge in [-0.25, -0.2) is 13.4 Å². The van der Waals surface area contributed by atoms with Crippen LogP contribution in [0.15, 0.2) is 40.0 Å². The second-order valence-electron chi connectivity index (χ2n) is 3.56. The quantitative estimate of drug-likeness (QED) is 0.817. The Labute approximate surface area is 108 Å². The van der Waals surface area contributed by atoms with Gasteiger partial charge in [0.25, 0.3) is 0 Å². The van der Waals surface area contributed by atoms with Gasteiger partial charge in [0.15, 0.2) is 22.0 Å². The van der Waals surface area contributed by atoms with Crippen molar-refractivity contribution in [2.75, 3.05) is 6.26 Å². The van der Waals surface area contributed by atoms with Crippen molar-refractivity contribution in [3.8, 4) is 11.3 Å². The molecule has 2 rings (SSSR count). The fourth-order valence-corrected chi connectivity index (χ4v) is 2.48. The summed E-state index contributed by atoms with van der Waals surface area (Å²) in [6, 6.07) is 6.54. The Balaban J connectivity index is 2.43. The highest BCUT2D eigenvalue weighted by molar-refractivity contribution is 9.08. The van der Waals surface area contributed by atoms with Crippen LogP contribution in [0.5, 0.6) is 0 Å². The van der Waals surface area contributed by atoms with E-state index in [-0.39, 0.29) is 0 Å². The number of halogens is 1. The first kappa shape index (κ1) is 12.3. The molecule has 6 heteroatoms. The van der Waals surface area contributed by atoms with Crippen LogP contribution in [0.3, 0.4) is 0 Å². The van der Waals surface area contributed by atoms with E-state index in [1.807, 2.05) is 0 Å². The number of hydrogen-bond donors (Lipinski definition) is 0. The number of sulfone groups is 1. The van der Waals surface area contributed by atoms with Crippen LogP contribution in [0, 0.1) is 0 Å². The van der Waals surface area contributed by atoms with Crippen LogP contribution in [-0.4, -0.2) is 19.7 Å². The van der Waals surface area contributed by atoms with Crippen molar-refractivity contribution in [1.82, 2.24) is 4.98 Å². The molecular weight excluding hydrogens is 306 g/mol. The number of oxazole rings is 1. The minimum atomic E-state index is -3.16. The number of aromatic nitrogens is 1. The van der Waals surface area contributed by atoms with Crippen molar-refractivity contribution in [2.24, 2.45) is 0 Å². The second kappa shape index (κ2) is 4.62. The monoisotopic (exact) mass is 315 g/mol. The van der Waals surface area contributed by atoms with Crippen molar-refractivity contribution in [3.63, 3.8) is 0 Å². The van der Waals surface area contributed by atoms with E-state index in [9.17, 15) is 8.42 Å². The summed E-state index contributed by atoms with van der Waals surface area (Å²) in [6.45, 7) is 0. The highest BCUT2D eigenvalue weighted by Crippen LogP contribution is 2.25. The molecule has 4 nitrogen and oxygen atoms in total. The molecule has 0 spiro atoms. The summed E-state index contributed by atoms with van der Waals surface area (Å²) in [6.07, 6.45) is 2.55. The van der Waals surface area contributed by atoms with E-state index in [0.29, 0.717) is 16.0 Å². The van der Waals surface area contributed by atoms with E-state index in [4.69, 9.17) is 4.42 Å². The normalized spacial score (nSPS) is 11.6. The van der Waals surface area contributed by atoms with Crippen molar-refractivity contribution in [1.29, 1.82) is 0 Å². The van der Waals surface area contributed by atoms with Crippen LogP contribution in [-0.2, 0) is 15.2 Å². The summed E-state index contributed by atoms with van der Waals surface area (Å²) in [5.41, 5.74) is 1.60. The first-order valence-corrected chi connectivity index (χ1v) is 7.82. The molecular formula is C11H10BrNO3S. The van der Waals surface area contributed by atoms with Crippen LogP contribution in [0.4, 0.5) is 0 Å². The summed E-state index contributed by atoms with van der Waals surface area (Å²) >= 11 is 3.31. The fourth-order valence-electron chi connectivity index (χ4n) is 1.45. The molecule has 0 atom stereocenters. The molecule has 1 aromatic carbocycles. The second-order valence-corrected chi connectivity index (χ2v) is 6.13. The predicted octanol–water partition coefficient (Wildman–Crippen LogP) is 2.64. The number of rotatable bonds is 3. The molecule has 0 fully saturated rings. The highest BCUT2D eigenvalue weighted by Gasteiger charge is 2.11. The molecule has 0 saturated carbocycles. The molecule has 2 aromatic rings. The van der Waals surface area contributed by atoms with Crippen molar-refractivity contribution < 1.29 is 12.8 Å². The van der Waals surface area contributed by atoms with Crippen molar-refractivity contribution in [2.45, 2.75) is 10.2 Å². The van der Waals surface area contributed by atoms with Gasteiger partial charge >= 0.3 is 0 Å². The summed E-state index contributed by atoms with van der Waals surface area (Å²) in [5.74, 6) is 0.655. The van der Waals surface area contributed by atoms with Crippen LogP contribution < -0.4 is 0 Å². The van der Waals surface area contributed by atoms with E-state index in [2.05, 4.69) is 20.9 Å². The van der Waals surface area contributed by atoms with Crippen molar-refractivity contribution >= 4 is 25.8 Å². The van der Waals surface area contributed by atoms with Gasteiger partial charge in [0.05, 0.1) is 10.6 Å². The smallest absolute Gasteiger partial charge is 0.181 e. The lowest BCUT2D eigenvalue weighted by molar-refractivity contribution is 0.571. The predicted molar refractivity (Wildman–Crippen MR) is 67.7 cm³/mol. The number of benzene rings is 1. The molecule has 0 aliphatic carbocycles. The largest absolute Gasteiger partial charge is 0.443 e. The minimum Gasteiger partial charge on any atom is -0.443 e. The van der Waals surface area contributed by atoms with Crippen LogP contribution in [0.1, 0.15) is 5.69 Å². The molecule has 0 aliphatic heterocycles. The summed E-state index contributed by atoms with van der Waals surface area (Å²) in [5, 5.41) is 0.590. The number of alkyl halides is 1. The van der Waals surface area contributed by atoms with Gasteiger partial charge in [-0.2, -0.15) is 0 Å². The summed E-state index contributed by atoms with van der Waals surface area (Å²) in [7, 11) is -3.16. The number of hydrogen-bond acceptors (Lipinski definition) is 4. The standard InChI is InChI=1S/C11H10BrNO3S/c1-17(14,15)9-4-2-8(3-5-9)11-10(6-12)13-7-16-11/h2-5,7H,6H2,1H3. The van der Waals surface area contributed by atoms with Gasteiger partial charge in [-0.15, -0.1) is 0 Å². The molecule has 0 radical (unpaired) electrons. The first-order chi connectivity index (χ1) is 8.02. The lowest BCUT2D eigenvalue weighted by Crippen LogP contribution is -1.96. The van der Waals surface area contributed by atoms with E-state index in [1.165, 1.54) is 12.6 Å². The van der Waals surface area contributed by atoms with Gasteiger partial charge in [-0.3, -0.25) is 0 Å². The average Bonchev–Trinajstić information content (AvgIpc) is 2.76. The Morgan fingerprint density at radius 2 is 1.94 bits per heavy atom. The molecule has 0 bridgehead atoms. The van der Waals surface area contributed by atoms with E-state index >= 15 is 0 Å². The Morgan fingerprint density at radius 1 is 1.29 bits per heavy atom. The third kappa shape index (κ3) is 2.58. The topological polar surface area (TPSA) is 60.2 Å². The molecule has 17 heavy (non-hydrogen) atoms. The lowest BCUT2D eigenvalue weighted by Gasteiger charge is -2.01. The maximum Gasteiger partial charge on any atom is 0.181 e. The summed E-state index contributed by atoms with van der Waals surface area (Å²) < 4.78 is 27.9. The van der Waals surface area contributed by atoms with E-state index in [1.54, 1.807) is 24.3 Å². The molecule has 90 valence electrons.